The normalized spacial score (nSPS) is 13.1. The summed E-state index contributed by atoms with van der Waals surface area (Å²) in [5.41, 5.74) is 0.846. The minimum atomic E-state index is -0.254. The SMILES string of the molecule is CCNC(=NCCNC(=O)c1ccco1)Nc1ccc2c(c1)OCCCO2.I. The molecule has 0 saturated heterocycles. The number of hydrogen-bond acceptors (Lipinski definition) is 5. The molecule has 0 aliphatic carbocycles. The summed E-state index contributed by atoms with van der Waals surface area (Å²) in [5, 5.41) is 9.18. The number of benzene rings is 1. The van der Waals surface area contributed by atoms with Gasteiger partial charge in [-0.05, 0) is 31.2 Å². The molecular weight excluding hydrogens is 475 g/mol. The molecule has 0 spiro atoms. The van der Waals surface area contributed by atoms with Gasteiger partial charge in [0.2, 0.25) is 0 Å². The first-order chi connectivity index (χ1) is 13.3. The van der Waals surface area contributed by atoms with Gasteiger partial charge in [0.15, 0.2) is 23.2 Å². The summed E-state index contributed by atoms with van der Waals surface area (Å²) >= 11 is 0. The lowest BCUT2D eigenvalue weighted by molar-refractivity contribution is 0.0927. The monoisotopic (exact) mass is 500 g/mol. The number of hydrogen-bond donors (Lipinski definition) is 3. The molecule has 2 heterocycles. The highest BCUT2D eigenvalue weighted by molar-refractivity contribution is 14.0. The Balaban J connectivity index is 0.00000280. The van der Waals surface area contributed by atoms with Crippen LogP contribution in [-0.4, -0.2) is 44.7 Å². The van der Waals surface area contributed by atoms with Gasteiger partial charge >= 0.3 is 0 Å². The minimum Gasteiger partial charge on any atom is -0.490 e. The first-order valence-corrected chi connectivity index (χ1v) is 9.03. The summed E-state index contributed by atoms with van der Waals surface area (Å²) in [6, 6.07) is 8.99. The summed E-state index contributed by atoms with van der Waals surface area (Å²) in [4.78, 5) is 16.3. The van der Waals surface area contributed by atoms with Gasteiger partial charge in [0.05, 0.1) is 26.0 Å². The van der Waals surface area contributed by atoms with Gasteiger partial charge in [-0.3, -0.25) is 9.79 Å². The highest BCUT2D eigenvalue weighted by Gasteiger charge is 2.11. The molecule has 0 unspecified atom stereocenters. The van der Waals surface area contributed by atoms with E-state index >= 15 is 0 Å². The predicted molar refractivity (Wildman–Crippen MR) is 118 cm³/mol. The lowest BCUT2D eigenvalue weighted by Gasteiger charge is -2.13. The van der Waals surface area contributed by atoms with Crippen LogP contribution < -0.4 is 25.4 Å². The predicted octanol–water partition coefficient (Wildman–Crippen LogP) is 2.87. The van der Waals surface area contributed by atoms with Crippen molar-refractivity contribution in [2.75, 3.05) is 38.2 Å². The molecular formula is C19H25IN4O4. The zero-order chi connectivity index (χ0) is 18.9. The number of nitrogens with one attached hydrogen (secondary N) is 3. The van der Waals surface area contributed by atoms with Crippen molar-refractivity contribution in [3.8, 4) is 11.5 Å². The fraction of sp³-hybridized carbons (Fsp3) is 0.368. The molecule has 1 amide bonds. The van der Waals surface area contributed by atoms with Crippen LogP contribution >= 0.6 is 24.0 Å². The van der Waals surface area contributed by atoms with E-state index in [4.69, 9.17) is 13.9 Å². The van der Waals surface area contributed by atoms with Crippen LogP contribution in [0.15, 0.2) is 46.0 Å². The van der Waals surface area contributed by atoms with E-state index in [-0.39, 0.29) is 35.6 Å². The molecule has 3 N–H and O–H groups in total. The number of nitrogens with zero attached hydrogens (tertiary/aromatic N) is 1. The molecule has 28 heavy (non-hydrogen) atoms. The van der Waals surface area contributed by atoms with E-state index in [0.29, 0.717) is 32.3 Å². The fourth-order valence-electron chi connectivity index (χ4n) is 2.52. The van der Waals surface area contributed by atoms with Crippen LogP contribution in [0.5, 0.6) is 11.5 Å². The number of halogens is 1. The maximum Gasteiger partial charge on any atom is 0.287 e. The highest BCUT2D eigenvalue weighted by atomic mass is 127. The Bertz CT molecular complexity index is 780. The van der Waals surface area contributed by atoms with Gasteiger partial charge in [0.1, 0.15) is 0 Å². The Morgan fingerprint density at radius 1 is 1.14 bits per heavy atom. The number of anilines is 1. The van der Waals surface area contributed by atoms with Crippen molar-refractivity contribution in [1.29, 1.82) is 0 Å². The molecule has 1 aliphatic rings. The molecule has 1 aliphatic heterocycles. The Morgan fingerprint density at radius 3 is 2.71 bits per heavy atom. The van der Waals surface area contributed by atoms with E-state index in [2.05, 4.69) is 20.9 Å². The third-order valence-corrected chi connectivity index (χ3v) is 3.77. The standard InChI is InChI=1S/C19H24N4O4.HI/c1-2-20-19(22-9-8-21-18(24)16-5-3-10-26-16)23-14-6-7-15-17(13-14)27-12-4-11-25-15;/h3,5-7,10,13H,2,4,8-9,11-12H2,1H3,(H,21,24)(H2,20,22,23);1H. The van der Waals surface area contributed by atoms with Gasteiger partial charge in [0, 0.05) is 31.3 Å². The quantitative estimate of drug-likeness (QED) is 0.244. The van der Waals surface area contributed by atoms with Crippen molar-refractivity contribution in [2.45, 2.75) is 13.3 Å². The van der Waals surface area contributed by atoms with E-state index in [1.807, 2.05) is 25.1 Å². The average Bonchev–Trinajstić information content (AvgIpc) is 3.11. The topological polar surface area (TPSA) is 97.1 Å². The van der Waals surface area contributed by atoms with Crippen molar-refractivity contribution in [3.63, 3.8) is 0 Å². The fourth-order valence-corrected chi connectivity index (χ4v) is 2.52. The molecule has 1 aromatic heterocycles. The van der Waals surface area contributed by atoms with Crippen molar-refractivity contribution in [2.24, 2.45) is 4.99 Å². The molecule has 0 bridgehead atoms. The van der Waals surface area contributed by atoms with Crippen LogP contribution in [0.4, 0.5) is 5.69 Å². The smallest absolute Gasteiger partial charge is 0.287 e. The van der Waals surface area contributed by atoms with Gasteiger partial charge in [-0.2, -0.15) is 0 Å². The van der Waals surface area contributed by atoms with E-state index in [1.165, 1.54) is 6.26 Å². The van der Waals surface area contributed by atoms with Gasteiger partial charge in [-0.15, -0.1) is 24.0 Å². The van der Waals surface area contributed by atoms with Gasteiger partial charge in [0.25, 0.3) is 5.91 Å². The minimum absolute atomic E-state index is 0. The number of aliphatic imine (C=N–C) groups is 1. The maximum absolute atomic E-state index is 11.8. The van der Waals surface area contributed by atoms with E-state index in [0.717, 1.165) is 30.2 Å². The number of carbonyl (C=O) groups is 1. The number of amides is 1. The Labute approximate surface area is 181 Å². The first kappa shape index (κ1) is 21.9. The number of rotatable bonds is 6. The summed E-state index contributed by atoms with van der Waals surface area (Å²) in [5.74, 6) is 2.13. The molecule has 9 heteroatoms. The van der Waals surface area contributed by atoms with Crippen molar-refractivity contribution >= 4 is 41.5 Å². The lowest BCUT2D eigenvalue weighted by atomic mass is 10.3. The molecule has 8 nitrogen and oxygen atoms in total. The van der Waals surface area contributed by atoms with E-state index in [1.54, 1.807) is 12.1 Å². The van der Waals surface area contributed by atoms with Crippen molar-refractivity contribution in [1.82, 2.24) is 10.6 Å². The van der Waals surface area contributed by atoms with Gasteiger partial charge in [-0.1, -0.05) is 0 Å². The number of furan rings is 1. The number of ether oxygens (including phenoxy) is 2. The second-order valence-electron chi connectivity index (χ2n) is 5.83. The first-order valence-electron chi connectivity index (χ1n) is 9.03. The number of guanidine groups is 1. The average molecular weight is 500 g/mol. The largest absolute Gasteiger partial charge is 0.490 e. The third-order valence-electron chi connectivity index (χ3n) is 3.77. The Kier molecular flexibility index (Phi) is 8.92. The third kappa shape index (κ3) is 6.32. The zero-order valence-electron chi connectivity index (χ0n) is 15.7. The summed E-state index contributed by atoms with van der Waals surface area (Å²) in [6.07, 6.45) is 2.33. The maximum atomic E-state index is 11.8. The second kappa shape index (κ2) is 11.4. The van der Waals surface area contributed by atoms with Crippen LogP contribution in [0.1, 0.15) is 23.9 Å². The summed E-state index contributed by atoms with van der Waals surface area (Å²) < 4.78 is 16.4. The van der Waals surface area contributed by atoms with Crippen LogP contribution in [0, 0.1) is 0 Å². The van der Waals surface area contributed by atoms with E-state index in [9.17, 15) is 4.79 Å². The van der Waals surface area contributed by atoms with Crippen molar-refractivity contribution in [3.05, 3.63) is 42.4 Å². The number of fused-ring (bicyclic) bond motifs is 1. The Morgan fingerprint density at radius 2 is 1.96 bits per heavy atom. The van der Waals surface area contributed by atoms with E-state index < -0.39 is 0 Å². The van der Waals surface area contributed by atoms with Gasteiger partial charge < -0.3 is 29.8 Å². The Hall–Kier alpha value is -2.43. The molecule has 0 atom stereocenters. The van der Waals surface area contributed by atoms with Crippen LogP contribution in [0.25, 0.3) is 0 Å². The molecule has 0 radical (unpaired) electrons. The molecule has 2 aromatic rings. The summed E-state index contributed by atoms with van der Waals surface area (Å²) in [7, 11) is 0. The second-order valence-corrected chi connectivity index (χ2v) is 5.83. The molecule has 1 aromatic carbocycles. The highest BCUT2D eigenvalue weighted by Crippen LogP contribution is 2.32. The van der Waals surface area contributed by atoms with Gasteiger partial charge in [-0.25, -0.2) is 0 Å². The zero-order valence-corrected chi connectivity index (χ0v) is 18.0. The molecule has 0 fully saturated rings. The number of carbonyl (C=O) groups excluding carboxylic acids is 1. The lowest BCUT2D eigenvalue weighted by Crippen LogP contribution is -2.32. The molecule has 152 valence electrons. The molecule has 0 saturated carbocycles. The summed E-state index contributed by atoms with van der Waals surface area (Å²) in [6.45, 7) is 4.83. The van der Waals surface area contributed by atoms with Crippen molar-refractivity contribution < 1.29 is 18.7 Å². The van der Waals surface area contributed by atoms with Crippen LogP contribution in [0.3, 0.4) is 0 Å². The van der Waals surface area contributed by atoms with Crippen LogP contribution in [-0.2, 0) is 0 Å². The van der Waals surface area contributed by atoms with Crippen LogP contribution in [0.2, 0.25) is 0 Å². The molecule has 3 rings (SSSR count).